The fourth-order valence-corrected chi connectivity index (χ4v) is 1.86. The fraction of sp³-hybridized carbons (Fsp3) is 0.333. The molecule has 1 nitrogen and oxygen atoms in total. The second-order valence-corrected chi connectivity index (χ2v) is 3.32. The number of fused-ring (bicyclic) bond motifs is 1. The minimum absolute atomic E-state index is 0.236. The molecule has 1 aliphatic heterocycles. The van der Waals surface area contributed by atoms with E-state index in [4.69, 9.17) is 0 Å². The van der Waals surface area contributed by atoms with Crippen LogP contribution in [-0.4, -0.2) is 6.54 Å². The van der Waals surface area contributed by atoms with E-state index in [1.165, 1.54) is 11.1 Å². The van der Waals surface area contributed by atoms with Gasteiger partial charge in [0.15, 0.2) is 0 Å². The van der Waals surface area contributed by atoms with E-state index < -0.39 is 0 Å². The van der Waals surface area contributed by atoms with Gasteiger partial charge in [-0.05, 0) is 17.5 Å². The van der Waals surface area contributed by atoms with Gasteiger partial charge in [0.1, 0.15) is 0 Å². The Balaban J connectivity index is 2.44. The molecule has 1 N–H and O–H groups in total. The second-order valence-electron chi connectivity index (χ2n) is 2.81. The lowest BCUT2D eigenvalue weighted by atomic mass is 10.0. The monoisotopic (exact) mass is 165 g/mol. The maximum atomic E-state index is 4.43. The van der Waals surface area contributed by atoms with E-state index in [-0.39, 0.29) is 5.37 Å². The predicted octanol–water partition coefficient (Wildman–Crippen LogP) is 1.76. The van der Waals surface area contributed by atoms with E-state index in [2.05, 4.69) is 42.2 Å². The Hall–Kier alpha value is -0.470. The van der Waals surface area contributed by atoms with E-state index in [1.54, 1.807) is 0 Å². The van der Waals surface area contributed by atoms with Crippen LogP contribution in [0.3, 0.4) is 0 Å². The molecular weight excluding hydrogens is 154 g/mol. The fourth-order valence-electron chi connectivity index (χ4n) is 1.48. The van der Waals surface area contributed by atoms with Crippen LogP contribution in [0.2, 0.25) is 0 Å². The molecule has 0 amide bonds. The first-order valence-electron chi connectivity index (χ1n) is 3.87. The average molecular weight is 165 g/mol. The highest BCUT2D eigenvalue weighted by atomic mass is 32.1. The van der Waals surface area contributed by atoms with E-state index >= 15 is 0 Å². The summed E-state index contributed by atoms with van der Waals surface area (Å²) in [5, 5.41) is 3.54. The van der Waals surface area contributed by atoms with Gasteiger partial charge in [-0.2, -0.15) is 12.6 Å². The van der Waals surface area contributed by atoms with Crippen LogP contribution in [0.15, 0.2) is 24.3 Å². The number of rotatable bonds is 0. The van der Waals surface area contributed by atoms with Gasteiger partial charge >= 0.3 is 0 Å². The van der Waals surface area contributed by atoms with Gasteiger partial charge in [-0.3, -0.25) is 0 Å². The third kappa shape index (κ3) is 1.28. The van der Waals surface area contributed by atoms with Crippen LogP contribution in [-0.2, 0) is 6.42 Å². The molecule has 0 aromatic heterocycles. The lowest BCUT2D eigenvalue weighted by Gasteiger charge is -2.22. The quantitative estimate of drug-likeness (QED) is 0.558. The van der Waals surface area contributed by atoms with Gasteiger partial charge in [-0.15, -0.1) is 0 Å². The summed E-state index contributed by atoms with van der Waals surface area (Å²) in [4.78, 5) is 0. The van der Waals surface area contributed by atoms with Gasteiger partial charge in [0.05, 0.1) is 5.37 Å². The Labute approximate surface area is 72.2 Å². The van der Waals surface area contributed by atoms with E-state index in [1.807, 2.05) is 0 Å². The molecule has 0 saturated heterocycles. The van der Waals surface area contributed by atoms with Crippen molar-refractivity contribution >= 4 is 12.6 Å². The largest absolute Gasteiger partial charge is 0.302 e. The van der Waals surface area contributed by atoms with Crippen LogP contribution in [0.1, 0.15) is 16.5 Å². The summed E-state index contributed by atoms with van der Waals surface area (Å²) in [6, 6.07) is 8.47. The van der Waals surface area contributed by atoms with Crippen molar-refractivity contribution in [1.29, 1.82) is 0 Å². The van der Waals surface area contributed by atoms with Crippen molar-refractivity contribution in [3.8, 4) is 0 Å². The topological polar surface area (TPSA) is 12.0 Å². The number of hydrogen-bond donors (Lipinski definition) is 2. The van der Waals surface area contributed by atoms with Crippen LogP contribution < -0.4 is 5.32 Å². The highest BCUT2D eigenvalue weighted by Crippen LogP contribution is 2.24. The molecular formula is C9H11NS. The minimum Gasteiger partial charge on any atom is -0.302 e. The zero-order chi connectivity index (χ0) is 7.68. The molecule has 0 radical (unpaired) electrons. The zero-order valence-electron chi connectivity index (χ0n) is 6.25. The molecule has 11 heavy (non-hydrogen) atoms. The summed E-state index contributed by atoms with van der Waals surface area (Å²) >= 11 is 4.43. The van der Waals surface area contributed by atoms with Crippen LogP contribution >= 0.6 is 12.6 Å². The van der Waals surface area contributed by atoms with Crippen molar-refractivity contribution in [3.05, 3.63) is 35.4 Å². The SMILES string of the molecule is SC1NCCc2ccccc21. The van der Waals surface area contributed by atoms with Crippen molar-refractivity contribution in [2.75, 3.05) is 6.54 Å². The summed E-state index contributed by atoms with van der Waals surface area (Å²) in [6.45, 7) is 1.05. The molecule has 0 aliphatic carbocycles. The molecule has 0 bridgehead atoms. The number of nitrogens with one attached hydrogen (secondary N) is 1. The van der Waals surface area contributed by atoms with E-state index in [0.29, 0.717) is 0 Å². The second kappa shape index (κ2) is 2.88. The summed E-state index contributed by atoms with van der Waals surface area (Å²) < 4.78 is 0. The maximum Gasteiger partial charge on any atom is 0.0762 e. The Morgan fingerprint density at radius 2 is 2.18 bits per heavy atom. The third-order valence-corrected chi connectivity index (χ3v) is 2.54. The van der Waals surface area contributed by atoms with Crippen LogP contribution in [0.5, 0.6) is 0 Å². The standard InChI is InChI=1S/C9H11NS/c11-9-8-4-2-1-3-7(8)5-6-10-9/h1-4,9-11H,5-6H2. The first-order chi connectivity index (χ1) is 5.38. The maximum absolute atomic E-state index is 4.43. The van der Waals surface area contributed by atoms with E-state index in [9.17, 15) is 0 Å². The molecule has 0 saturated carbocycles. The third-order valence-electron chi connectivity index (χ3n) is 2.08. The molecule has 1 atom stereocenters. The number of thiol groups is 1. The van der Waals surface area contributed by atoms with Crippen molar-refractivity contribution in [1.82, 2.24) is 5.32 Å². The minimum atomic E-state index is 0.236. The Morgan fingerprint density at radius 3 is 3.00 bits per heavy atom. The normalized spacial score (nSPS) is 22.8. The van der Waals surface area contributed by atoms with Gasteiger partial charge in [-0.25, -0.2) is 0 Å². The average Bonchev–Trinajstić information content (AvgIpc) is 2.06. The zero-order valence-corrected chi connectivity index (χ0v) is 7.14. The number of hydrogen-bond acceptors (Lipinski definition) is 2. The van der Waals surface area contributed by atoms with Crippen molar-refractivity contribution < 1.29 is 0 Å². The van der Waals surface area contributed by atoms with Crippen molar-refractivity contribution in [2.45, 2.75) is 11.8 Å². The molecule has 1 aromatic rings. The molecule has 2 rings (SSSR count). The first-order valence-corrected chi connectivity index (χ1v) is 4.39. The van der Waals surface area contributed by atoms with Gasteiger partial charge in [0.2, 0.25) is 0 Å². The molecule has 0 spiro atoms. The summed E-state index contributed by atoms with van der Waals surface area (Å²) in [7, 11) is 0. The Kier molecular flexibility index (Phi) is 1.88. The van der Waals surface area contributed by atoms with Crippen molar-refractivity contribution in [3.63, 3.8) is 0 Å². The molecule has 58 valence electrons. The van der Waals surface area contributed by atoms with Gasteiger partial charge in [0, 0.05) is 6.54 Å². The van der Waals surface area contributed by atoms with Gasteiger partial charge < -0.3 is 5.32 Å². The lowest BCUT2D eigenvalue weighted by Crippen LogP contribution is -2.26. The summed E-state index contributed by atoms with van der Waals surface area (Å²) in [5.74, 6) is 0. The molecule has 1 unspecified atom stereocenters. The lowest BCUT2D eigenvalue weighted by molar-refractivity contribution is 0.633. The van der Waals surface area contributed by atoms with Gasteiger partial charge in [-0.1, -0.05) is 24.3 Å². The van der Waals surface area contributed by atoms with Gasteiger partial charge in [0.25, 0.3) is 0 Å². The van der Waals surface area contributed by atoms with Crippen molar-refractivity contribution in [2.24, 2.45) is 0 Å². The Morgan fingerprint density at radius 1 is 1.36 bits per heavy atom. The highest BCUT2D eigenvalue weighted by Gasteiger charge is 2.14. The Bertz CT molecular complexity index is 259. The predicted molar refractivity (Wildman–Crippen MR) is 49.9 cm³/mol. The number of benzene rings is 1. The smallest absolute Gasteiger partial charge is 0.0762 e. The molecule has 2 heteroatoms. The first kappa shape index (κ1) is 7.19. The summed E-state index contributed by atoms with van der Waals surface area (Å²) in [5.41, 5.74) is 2.77. The summed E-state index contributed by atoms with van der Waals surface area (Å²) in [6.07, 6.45) is 1.13. The molecule has 1 aromatic carbocycles. The molecule has 1 heterocycles. The van der Waals surface area contributed by atoms with E-state index in [0.717, 1.165) is 13.0 Å². The molecule has 1 aliphatic rings. The van der Waals surface area contributed by atoms with Crippen LogP contribution in [0.4, 0.5) is 0 Å². The van der Waals surface area contributed by atoms with Crippen LogP contribution in [0, 0.1) is 0 Å². The molecule has 0 fully saturated rings. The highest BCUT2D eigenvalue weighted by molar-refractivity contribution is 7.80. The van der Waals surface area contributed by atoms with Crippen LogP contribution in [0.25, 0.3) is 0 Å².